The van der Waals surface area contributed by atoms with Crippen LogP contribution in [0.5, 0.6) is 0 Å². The molecule has 2 aromatic carbocycles. The van der Waals surface area contributed by atoms with Gasteiger partial charge in [-0.3, -0.25) is 34.4 Å². The number of ether oxygens (including phenoxy) is 1. The topological polar surface area (TPSA) is 134 Å². The van der Waals surface area contributed by atoms with Gasteiger partial charge >= 0.3 is 5.97 Å². The number of benzene rings is 2. The highest BCUT2D eigenvalue weighted by molar-refractivity contribution is 5.97. The number of hydrogen-bond donors (Lipinski definition) is 3. The van der Waals surface area contributed by atoms with E-state index < -0.39 is 36.2 Å². The zero-order valence-corrected chi connectivity index (χ0v) is 20.7. The van der Waals surface area contributed by atoms with E-state index in [1.54, 1.807) is 36.4 Å². The first-order valence-electron chi connectivity index (χ1n) is 11.5. The number of nitrogens with zero attached hydrogens (tertiary/aromatic N) is 1. The molecule has 1 aliphatic rings. The maximum atomic E-state index is 12.6. The smallest absolute Gasteiger partial charge is 0.311 e. The number of carbonyl (C=O) groups is 5. The molecule has 1 heterocycles. The van der Waals surface area contributed by atoms with E-state index in [0.29, 0.717) is 16.9 Å². The van der Waals surface area contributed by atoms with Gasteiger partial charge < -0.3 is 15.4 Å². The first-order chi connectivity index (χ1) is 16.9. The lowest BCUT2D eigenvalue weighted by molar-refractivity contribution is -0.151. The number of anilines is 2. The van der Waals surface area contributed by atoms with Crippen molar-refractivity contribution in [2.75, 3.05) is 23.8 Å². The van der Waals surface area contributed by atoms with Crippen molar-refractivity contribution in [3.63, 3.8) is 0 Å². The predicted octanol–water partition coefficient (Wildman–Crippen LogP) is 2.62. The van der Waals surface area contributed by atoms with Crippen molar-refractivity contribution in [3.05, 3.63) is 59.7 Å². The molecular formula is C26H30N4O6. The third kappa shape index (κ3) is 7.14. The van der Waals surface area contributed by atoms with Crippen molar-refractivity contribution in [1.29, 1.82) is 0 Å². The normalized spacial score (nSPS) is 15.3. The summed E-state index contributed by atoms with van der Waals surface area (Å²) in [5, 5.41) is 6.29. The molecule has 0 bridgehead atoms. The number of rotatable bonds is 7. The highest BCUT2D eigenvalue weighted by Crippen LogP contribution is 2.23. The molecule has 2 aromatic rings. The van der Waals surface area contributed by atoms with E-state index in [1.165, 1.54) is 6.92 Å². The summed E-state index contributed by atoms with van der Waals surface area (Å²) in [5.41, 5.74) is 4.99. The Morgan fingerprint density at radius 3 is 2.08 bits per heavy atom. The minimum atomic E-state index is -0.800. The molecule has 3 N–H and O–H groups in total. The van der Waals surface area contributed by atoms with Crippen molar-refractivity contribution in [3.8, 4) is 0 Å². The SMILES string of the molecule is CC(=O)Nc1ccc(NC(=O)COC(=O)[C@H]2CC(=O)N(NC(=O)c3ccc(C(C)(C)C)cc3)C2)cc1. The first kappa shape index (κ1) is 26.4. The Morgan fingerprint density at radius 1 is 0.944 bits per heavy atom. The second-order valence-corrected chi connectivity index (χ2v) is 9.59. The van der Waals surface area contributed by atoms with Crippen molar-refractivity contribution < 1.29 is 28.7 Å². The number of nitrogens with one attached hydrogen (secondary N) is 3. The standard InChI is InChI=1S/C26H30N4O6/c1-16(31)27-20-9-11-21(12-10-20)28-22(32)15-36-25(35)18-13-23(33)30(14-18)29-24(34)17-5-7-19(8-6-17)26(2,3)4/h5-12,18H,13-15H2,1-4H3,(H,27,31)(H,28,32)(H,29,34)/t18-/m0/s1. The average molecular weight is 495 g/mol. The van der Waals surface area contributed by atoms with Crippen molar-refractivity contribution >= 4 is 41.0 Å². The third-order valence-corrected chi connectivity index (χ3v) is 5.54. The summed E-state index contributed by atoms with van der Waals surface area (Å²) in [6, 6.07) is 13.5. The van der Waals surface area contributed by atoms with Gasteiger partial charge in [-0.15, -0.1) is 0 Å². The van der Waals surface area contributed by atoms with Crippen LogP contribution in [0.15, 0.2) is 48.5 Å². The van der Waals surface area contributed by atoms with Gasteiger partial charge in [-0.1, -0.05) is 32.9 Å². The van der Waals surface area contributed by atoms with Crippen molar-refractivity contribution in [1.82, 2.24) is 10.4 Å². The highest BCUT2D eigenvalue weighted by Gasteiger charge is 2.36. The summed E-state index contributed by atoms with van der Waals surface area (Å²) < 4.78 is 5.07. The molecule has 1 atom stereocenters. The summed E-state index contributed by atoms with van der Waals surface area (Å²) >= 11 is 0. The monoisotopic (exact) mass is 494 g/mol. The second-order valence-electron chi connectivity index (χ2n) is 9.59. The summed E-state index contributed by atoms with van der Waals surface area (Å²) in [4.78, 5) is 60.4. The minimum Gasteiger partial charge on any atom is -0.455 e. The third-order valence-electron chi connectivity index (χ3n) is 5.54. The molecule has 1 fully saturated rings. The molecule has 0 radical (unpaired) electrons. The molecule has 10 heteroatoms. The maximum absolute atomic E-state index is 12.6. The minimum absolute atomic E-state index is 0.0459. The number of hydrazine groups is 1. The van der Waals surface area contributed by atoms with Crippen molar-refractivity contribution in [2.24, 2.45) is 5.92 Å². The largest absolute Gasteiger partial charge is 0.455 e. The molecule has 0 unspecified atom stereocenters. The summed E-state index contributed by atoms with van der Waals surface area (Å²) in [7, 11) is 0. The van der Waals surface area contributed by atoms with Gasteiger partial charge in [0.15, 0.2) is 6.61 Å². The van der Waals surface area contributed by atoms with Crippen molar-refractivity contribution in [2.45, 2.75) is 39.5 Å². The molecule has 4 amide bonds. The number of hydrogen-bond acceptors (Lipinski definition) is 6. The van der Waals surface area contributed by atoms with Crippen LogP contribution in [-0.4, -0.2) is 47.8 Å². The molecule has 1 saturated heterocycles. The van der Waals surface area contributed by atoms with Gasteiger partial charge in [0.25, 0.3) is 11.8 Å². The van der Waals surface area contributed by atoms with Crippen LogP contribution in [0, 0.1) is 5.92 Å². The van der Waals surface area contributed by atoms with Crippen LogP contribution >= 0.6 is 0 Å². The summed E-state index contributed by atoms with van der Waals surface area (Å²) in [6.07, 6.45) is -0.131. The van der Waals surface area contributed by atoms with Crippen LogP contribution in [0.4, 0.5) is 11.4 Å². The van der Waals surface area contributed by atoms with Crippen LogP contribution in [0.1, 0.15) is 50.0 Å². The number of esters is 1. The van der Waals surface area contributed by atoms with Crippen LogP contribution in [0.25, 0.3) is 0 Å². The lowest BCUT2D eigenvalue weighted by atomic mass is 9.87. The zero-order chi connectivity index (χ0) is 26.5. The lowest BCUT2D eigenvalue weighted by Gasteiger charge is -2.20. The fourth-order valence-electron chi connectivity index (χ4n) is 3.57. The zero-order valence-electron chi connectivity index (χ0n) is 20.7. The van der Waals surface area contributed by atoms with E-state index >= 15 is 0 Å². The van der Waals surface area contributed by atoms with E-state index in [4.69, 9.17) is 4.74 Å². The van der Waals surface area contributed by atoms with Crippen LogP contribution in [-0.2, 0) is 29.3 Å². The molecule has 190 valence electrons. The predicted molar refractivity (Wildman–Crippen MR) is 133 cm³/mol. The van der Waals surface area contributed by atoms with E-state index in [1.807, 2.05) is 12.1 Å². The number of amides is 4. The second kappa shape index (κ2) is 11.0. The van der Waals surface area contributed by atoms with E-state index in [9.17, 15) is 24.0 Å². The van der Waals surface area contributed by atoms with Crippen LogP contribution in [0.2, 0.25) is 0 Å². The summed E-state index contributed by atoms with van der Waals surface area (Å²) in [6.45, 7) is 7.03. The van der Waals surface area contributed by atoms with Gasteiger partial charge in [0, 0.05) is 30.3 Å². The molecule has 36 heavy (non-hydrogen) atoms. The van der Waals surface area contributed by atoms with Crippen LogP contribution < -0.4 is 16.1 Å². The van der Waals surface area contributed by atoms with Gasteiger partial charge in [-0.25, -0.2) is 0 Å². The average Bonchev–Trinajstić information content (AvgIpc) is 3.18. The molecule has 0 aliphatic carbocycles. The van der Waals surface area contributed by atoms with Crippen LogP contribution in [0.3, 0.4) is 0 Å². The van der Waals surface area contributed by atoms with Gasteiger partial charge in [0.1, 0.15) is 0 Å². The maximum Gasteiger partial charge on any atom is 0.311 e. The summed E-state index contributed by atoms with van der Waals surface area (Å²) in [5.74, 6) is -3.14. The fraction of sp³-hybridized carbons (Fsp3) is 0.346. The van der Waals surface area contributed by atoms with Gasteiger partial charge in [0.05, 0.1) is 12.5 Å². The Labute approximate surface area is 209 Å². The first-order valence-corrected chi connectivity index (χ1v) is 11.5. The molecule has 1 aliphatic heterocycles. The molecular weight excluding hydrogens is 464 g/mol. The number of carbonyl (C=O) groups excluding carboxylic acids is 5. The van der Waals surface area contributed by atoms with E-state index in [-0.39, 0.29) is 24.3 Å². The van der Waals surface area contributed by atoms with E-state index in [0.717, 1.165) is 10.6 Å². The quantitative estimate of drug-likeness (QED) is 0.507. The van der Waals surface area contributed by atoms with E-state index in [2.05, 4.69) is 36.8 Å². The molecule has 10 nitrogen and oxygen atoms in total. The highest BCUT2D eigenvalue weighted by atomic mass is 16.5. The Kier molecular flexibility index (Phi) is 8.08. The molecule has 0 aromatic heterocycles. The molecule has 3 rings (SSSR count). The Morgan fingerprint density at radius 2 is 1.53 bits per heavy atom. The van der Waals surface area contributed by atoms with Gasteiger partial charge in [-0.2, -0.15) is 0 Å². The lowest BCUT2D eigenvalue weighted by Crippen LogP contribution is -2.43. The Bertz CT molecular complexity index is 1150. The molecule has 0 saturated carbocycles. The van der Waals surface area contributed by atoms with Gasteiger partial charge in [0.2, 0.25) is 11.8 Å². The molecule has 0 spiro atoms. The Balaban J connectivity index is 1.46. The Hall–Kier alpha value is -4.21. The fourth-order valence-corrected chi connectivity index (χ4v) is 3.57. The van der Waals surface area contributed by atoms with Gasteiger partial charge in [-0.05, 0) is 47.4 Å².